The van der Waals surface area contributed by atoms with Gasteiger partial charge >= 0.3 is 0 Å². The second kappa shape index (κ2) is 12.7. The van der Waals surface area contributed by atoms with E-state index in [0.717, 1.165) is 21.9 Å². The van der Waals surface area contributed by atoms with Gasteiger partial charge in [-0.15, -0.1) is 0 Å². The molecule has 0 unspecified atom stereocenters. The number of sulfonamides is 1. The van der Waals surface area contributed by atoms with Crippen LogP contribution in [-0.2, 0) is 26.2 Å². The highest BCUT2D eigenvalue weighted by Crippen LogP contribution is 2.25. The van der Waals surface area contributed by atoms with E-state index in [9.17, 15) is 18.0 Å². The lowest BCUT2D eigenvalue weighted by Crippen LogP contribution is -2.51. The lowest BCUT2D eigenvalue weighted by atomic mass is 10.1. The van der Waals surface area contributed by atoms with Crippen LogP contribution in [0, 0.1) is 6.92 Å². The van der Waals surface area contributed by atoms with E-state index in [2.05, 4.69) is 5.32 Å². The highest BCUT2D eigenvalue weighted by Gasteiger charge is 2.32. The number of carbonyl (C=O) groups is 2. The van der Waals surface area contributed by atoms with E-state index in [4.69, 9.17) is 11.6 Å². The Hall–Kier alpha value is -3.36. The second-order valence-corrected chi connectivity index (χ2v) is 11.0. The number of hydrogen-bond acceptors (Lipinski definition) is 4. The summed E-state index contributed by atoms with van der Waals surface area (Å²) in [4.78, 5) is 28.1. The first kappa shape index (κ1) is 28.2. The summed E-state index contributed by atoms with van der Waals surface area (Å²) < 4.78 is 28.5. The Labute approximate surface area is 224 Å². The number of carbonyl (C=O) groups excluding carboxylic acids is 2. The summed E-state index contributed by atoms with van der Waals surface area (Å²) in [7, 11) is -4.11. The number of anilines is 1. The highest BCUT2D eigenvalue weighted by atomic mass is 35.5. The van der Waals surface area contributed by atoms with Gasteiger partial charge in [-0.2, -0.15) is 0 Å². The normalized spacial score (nSPS) is 12.0. The maximum Gasteiger partial charge on any atom is 0.264 e. The molecular weight excluding hydrogens is 510 g/mol. The molecule has 1 atom stereocenters. The van der Waals surface area contributed by atoms with Crippen molar-refractivity contribution in [3.8, 4) is 0 Å². The van der Waals surface area contributed by atoms with Crippen molar-refractivity contribution < 1.29 is 18.0 Å². The van der Waals surface area contributed by atoms with Crippen molar-refractivity contribution in [2.24, 2.45) is 0 Å². The predicted octanol–water partition coefficient (Wildman–Crippen LogP) is 4.79. The molecule has 0 spiro atoms. The summed E-state index contributed by atoms with van der Waals surface area (Å²) in [6.45, 7) is 5.70. The average Bonchev–Trinajstić information content (AvgIpc) is 2.90. The molecule has 9 heteroatoms. The predicted molar refractivity (Wildman–Crippen MR) is 147 cm³/mol. The van der Waals surface area contributed by atoms with Gasteiger partial charge in [-0.05, 0) is 67.8 Å². The Kier molecular flexibility index (Phi) is 9.72. The third-order valence-electron chi connectivity index (χ3n) is 6.04. The number of para-hydroxylation sites is 1. The largest absolute Gasteiger partial charge is 0.354 e. The van der Waals surface area contributed by atoms with Gasteiger partial charge in [0, 0.05) is 18.1 Å². The van der Waals surface area contributed by atoms with E-state index in [1.54, 1.807) is 37.3 Å². The van der Waals surface area contributed by atoms with Crippen molar-refractivity contribution in [1.29, 1.82) is 0 Å². The Balaban J connectivity index is 2.00. The number of rotatable bonds is 11. The first-order chi connectivity index (χ1) is 17.6. The van der Waals surface area contributed by atoms with Crippen LogP contribution < -0.4 is 9.62 Å². The fourth-order valence-corrected chi connectivity index (χ4v) is 5.35. The third kappa shape index (κ3) is 7.11. The van der Waals surface area contributed by atoms with Crippen molar-refractivity contribution >= 4 is 39.1 Å². The quantitative estimate of drug-likeness (QED) is 0.378. The molecule has 0 aliphatic heterocycles. The molecule has 0 aromatic heterocycles. The summed E-state index contributed by atoms with van der Waals surface area (Å²) in [6.07, 6.45) is 0.755. The van der Waals surface area contributed by atoms with Crippen LogP contribution in [-0.4, -0.2) is 44.3 Å². The van der Waals surface area contributed by atoms with E-state index in [-0.39, 0.29) is 17.3 Å². The summed E-state index contributed by atoms with van der Waals surface area (Å²) in [5, 5.41) is 3.24. The molecule has 0 saturated carbocycles. The molecule has 2 amide bonds. The molecule has 0 radical (unpaired) electrons. The maximum atomic E-state index is 13.8. The average molecular weight is 542 g/mol. The fourth-order valence-electron chi connectivity index (χ4n) is 3.81. The first-order valence-corrected chi connectivity index (χ1v) is 13.9. The Morgan fingerprint density at radius 2 is 1.57 bits per heavy atom. The van der Waals surface area contributed by atoms with E-state index in [1.165, 1.54) is 29.2 Å². The van der Waals surface area contributed by atoms with Crippen molar-refractivity contribution in [1.82, 2.24) is 10.2 Å². The van der Waals surface area contributed by atoms with Crippen molar-refractivity contribution in [2.75, 3.05) is 17.4 Å². The van der Waals surface area contributed by atoms with E-state index in [1.807, 2.05) is 38.1 Å². The van der Waals surface area contributed by atoms with Gasteiger partial charge in [0.25, 0.3) is 10.0 Å². The summed E-state index contributed by atoms with van der Waals surface area (Å²) in [6, 6.07) is 21.0. The number of halogens is 1. The van der Waals surface area contributed by atoms with Crippen LogP contribution >= 0.6 is 11.6 Å². The van der Waals surface area contributed by atoms with Crippen LogP contribution in [0.2, 0.25) is 5.02 Å². The van der Waals surface area contributed by atoms with Gasteiger partial charge in [-0.3, -0.25) is 13.9 Å². The Bertz CT molecular complexity index is 1310. The van der Waals surface area contributed by atoms with Crippen LogP contribution in [0.1, 0.15) is 31.4 Å². The molecule has 0 bridgehead atoms. The molecule has 0 fully saturated rings. The minimum Gasteiger partial charge on any atom is -0.354 e. The molecule has 3 rings (SSSR count). The van der Waals surface area contributed by atoms with Crippen molar-refractivity contribution in [2.45, 2.75) is 44.7 Å². The van der Waals surface area contributed by atoms with E-state index in [0.29, 0.717) is 17.3 Å². The van der Waals surface area contributed by atoms with Gasteiger partial charge in [0.15, 0.2) is 0 Å². The van der Waals surface area contributed by atoms with Crippen LogP contribution in [0.5, 0.6) is 0 Å². The highest BCUT2D eigenvalue weighted by molar-refractivity contribution is 7.92. The summed E-state index contributed by atoms with van der Waals surface area (Å²) in [5.41, 5.74) is 2.18. The van der Waals surface area contributed by atoms with Crippen LogP contribution in [0.4, 0.5) is 5.69 Å². The molecular formula is C28H32ClN3O4S. The number of nitrogens with zero attached hydrogens (tertiary/aromatic N) is 2. The smallest absolute Gasteiger partial charge is 0.264 e. The van der Waals surface area contributed by atoms with Gasteiger partial charge in [0.1, 0.15) is 12.6 Å². The topological polar surface area (TPSA) is 86.8 Å². The molecule has 3 aromatic carbocycles. The fraction of sp³-hybridized carbons (Fsp3) is 0.286. The zero-order valence-corrected chi connectivity index (χ0v) is 22.8. The van der Waals surface area contributed by atoms with Gasteiger partial charge in [0.2, 0.25) is 11.8 Å². The monoisotopic (exact) mass is 541 g/mol. The lowest BCUT2D eigenvalue weighted by Gasteiger charge is -2.32. The summed E-state index contributed by atoms with van der Waals surface area (Å²) >= 11 is 5.97. The molecule has 0 aliphatic carbocycles. The minimum atomic E-state index is -4.11. The molecule has 196 valence electrons. The molecule has 1 N–H and O–H groups in total. The molecule has 7 nitrogen and oxygen atoms in total. The number of amides is 2. The third-order valence-corrected chi connectivity index (χ3v) is 8.08. The van der Waals surface area contributed by atoms with Gasteiger partial charge in [-0.25, -0.2) is 8.42 Å². The molecule has 0 saturated heterocycles. The van der Waals surface area contributed by atoms with Crippen LogP contribution in [0.25, 0.3) is 0 Å². The first-order valence-electron chi connectivity index (χ1n) is 12.1. The van der Waals surface area contributed by atoms with Crippen molar-refractivity contribution in [3.63, 3.8) is 0 Å². The maximum absolute atomic E-state index is 13.8. The summed E-state index contributed by atoms with van der Waals surface area (Å²) in [5.74, 6) is -0.792. The number of benzene rings is 3. The van der Waals surface area contributed by atoms with Gasteiger partial charge < -0.3 is 10.2 Å². The second-order valence-electron chi connectivity index (χ2n) is 8.72. The zero-order chi connectivity index (χ0) is 27.0. The Morgan fingerprint density at radius 1 is 0.946 bits per heavy atom. The van der Waals surface area contributed by atoms with Gasteiger partial charge in [-0.1, -0.05) is 61.0 Å². The number of aryl methyl sites for hydroxylation is 1. The standard InChI is InChI=1S/C28H32ClN3O4S/c1-4-18-30-28(34)22(3)31(19-23-11-9-8-10-21(23)2)27(33)20-32(25-12-6-5-7-13-25)37(35,36)26-16-14-24(29)15-17-26/h5-17,22H,4,18-20H2,1-3H3,(H,30,34)/t22-/m0/s1. The number of nitrogens with one attached hydrogen (secondary N) is 1. The van der Waals surface area contributed by atoms with Crippen molar-refractivity contribution in [3.05, 3.63) is 95.0 Å². The molecule has 37 heavy (non-hydrogen) atoms. The number of hydrogen-bond donors (Lipinski definition) is 1. The van der Waals surface area contributed by atoms with Gasteiger partial charge in [0.05, 0.1) is 10.6 Å². The van der Waals surface area contributed by atoms with E-state index >= 15 is 0 Å². The van der Waals surface area contributed by atoms with Crippen LogP contribution in [0.3, 0.4) is 0 Å². The van der Waals surface area contributed by atoms with Crippen LogP contribution in [0.15, 0.2) is 83.8 Å². The lowest BCUT2D eigenvalue weighted by molar-refractivity contribution is -0.139. The molecule has 0 aliphatic rings. The molecule has 3 aromatic rings. The Morgan fingerprint density at radius 3 is 2.19 bits per heavy atom. The molecule has 0 heterocycles. The zero-order valence-electron chi connectivity index (χ0n) is 21.2. The SMILES string of the molecule is CCCNC(=O)[C@H](C)N(Cc1ccccc1C)C(=O)CN(c1ccccc1)S(=O)(=O)c1ccc(Cl)cc1. The van der Waals surface area contributed by atoms with E-state index < -0.39 is 28.5 Å². The minimum absolute atomic E-state index is 0.00717.